The summed E-state index contributed by atoms with van der Waals surface area (Å²) in [6.07, 6.45) is 1.51. The van der Waals surface area contributed by atoms with Crippen molar-refractivity contribution in [3.63, 3.8) is 0 Å². The molecule has 0 radical (unpaired) electrons. The molecular formula is C17H19ClN2O4. The van der Waals surface area contributed by atoms with E-state index in [0.29, 0.717) is 48.5 Å². The Hall–Kier alpha value is -2.34. The van der Waals surface area contributed by atoms with Gasteiger partial charge in [-0.1, -0.05) is 11.6 Å². The van der Waals surface area contributed by atoms with Gasteiger partial charge < -0.3 is 23.7 Å². The molecule has 0 bridgehead atoms. The maximum Gasteiger partial charge on any atom is 0.289 e. The molecule has 1 aliphatic rings. The van der Waals surface area contributed by atoms with Gasteiger partial charge in [0.15, 0.2) is 5.76 Å². The lowest BCUT2D eigenvalue weighted by Gasteiger charge is -2.36. The molecule has 1 amide bonds. The molecule has 6 nitrogen and oxygen atoms in total. The van der Waals surface area contributed by atoms with E-state index in [1.54, 1.807) is 37.3 Å². The molecule has 2 aromatic rings. The number of amides is 1. The maximum atomic E-state index is 12.3. The van der Waals surface area contributed by atoms with Crippen LogP contribution < -0.4 is 14.4 Å². The van der Waals surface area contributed by atoms with Crippen LogP contribution in [0.1, 0.15) is 10.6 Å². The number of ether oxygens (including phenoxy) is 2. The molecule has 1 fully saturated rings. The number of halogens is 1. The van der Waals surface area contributed by atoms with Crippen LogP contribution in [0.4, 0.5) is 5.69 Å². The molecule has 0 unspecified atom stereocenters. The number of carbonyl (C=O) groups is 1. The Labute approximate surface area is 145 Å². The fraction of sp³-hybridized carbons (Fsp3) is 0.353. The number of rotatable bonds is 4. The lowest BCUT2D eigenvalue weighted by Crippen LogP contribution is -2.48. The minimum absolute atomic E-state index is 0.0831. The van der Waals surface area contributed by atoms with Crippen LogP contribution in [-0.2, 0) is 0 Å². The van der Waals surface area contributed by atoms with Gasteiger partial charge in [0.2, 0.25) is 0 Å². The molecule has 1 aromatic heterocycles. The largest absolute Gasteiger partial charge is 0.495 e. The number of hydrogen-bond acceptors (Lipinski definition) is 5. The lowest BCUT2D eigenvalue weighted by atomic mass is 10.2. The average molecular weight is 351 g/mol. The topological polar surface area (TPSA) is 55.2 Å². The maximum absolute atomic E-state index is 12.3. The van der Waals surface area contributed by atoms with Gasteiger partial charge in [-0.15, -0.1) is 0 Å². The van der Waals surface area contributed by atoms with Crippen molar-refractivity contribution in [2.75, 3.05) is 45.3 Å². The molecule has 2 heterocycles. The quantitative estimate of drug-likeness (QED) is 0.848. The molecule has 0 spiro atoms. The third kappa shape index (κ3) is 3.14. The van der Waals surface area contributed by atoms with Gasteiger partial charge in [0, 0.05) is 38.3 Å². The normalized spacial score (nSPS) is 14.6. The average Bonchev–Trinajstić information content (AvgIpc) is 3.15. The monoisotopic (exact) mass is 350 g/mol. The lowest BCUT2D eigenvalue weighted by molar-refractivity contribution is 0.0714. The predicted molar refractivity (Wildman–Crippen MR) is 91.4 cm³/mol. The number of furan rings is 1. The summed E-state index contributed by atoms with van der Waals surface area (Å²) in [6.45, 7) is 2.59. The first-order chi connectivity index (χ1) is 11.6. The van der Waals surface area contributed by atoms with Crippen molar-refractivity contribution in [2.45, 2.75) is 0 Å². The standard InChI is InChI=1S/C17H19ClN2O4/c1-22-15-11-13(16(23-2)10-12(15)18)19-5-7-20(8-6-19)17(21)14-4-3-9-24-14/h3-4,9-11H,5-8H2,1-2H3. The van der Waals surface area contributed by atoms with Gasteiger partial charge in [0.05, 0.1) is 31.2 Å². The van der Waals surface area contributed by atoms with Crippen LogP contribution in [0.3, 0.4) is 0 Å². The second kappa shape index (κ2) is 7.05. The predicted octanol–water partition coefficient (Wildman–Crippen LogP) is 2.91. The Kier molecular flexibility index (Phi) is 4.85. The molecule has 1 aliphatic heterocycles. The molecule has 1 saturated heterocycles. The first kappa shape index (κ1) is 16.5. The van der Waals surface area contributed by atoms with Crippen molar-refractivity contribution >= 4 is 23.2 Å². The van der Waals surface area contributed by atoms with Gasteiger partial charge in [0.25, 0.3) is 5.91 Å². The second-order valence-electron chi connectivity index (χ2n) is 5.42. The summed E-state index contributed by atoms with van der Waals surface area (Å²) in [6, 6.07) is 7.01. The van der Waals surface area contributed by atoms with E-state index in [9.17, 15) is 4.79 Å². The Balaban J connectivity index is 1.74. The number of nitrogens with zero attached hydrogens (tertiary/aromatic N) is 2. The zero-order valence-corrected chi connectivity index (χ0v) is 14.4. The summed E-state index contributed by atoms with van der Waals surface area (Å²) in [5, 5.41) is 0.504. The SMILES string of the molecule is COc1cc(N2CCN(C(=O)c3ccco3)CC2)c(OC)cc1Cl. The summed E-state index contributed by atoms with van der Waals surface area (Å²) < 4.78 is 15.9. The number of benzene rings is 1. The number of carbonyl (C=O) groups excluding carboxylic acids is 1. The van der Waals surface area contributed by atoms with Gasteiger partial charge >= 0.3 is 0 Å². The number of hydrogen-bond donors (Lipinski definition) is 0. The fourth-order valence-electron chi connectivity index (χ4n) is 2.80. The number of anilines is 1. The Morgan fingerprint density at radius 1 is 1.12 bits per heavy atom. The molecule has 0 aliphatic carbocycles. The van der Waals surface area contributed by atoms with Gasteiger partial charge in [0.1, 0.15) is 11.5 Å². The summed E-state index contributed by atoms with van der Waals surface area (Å²) in [5.41, 5.74) is 0.906. The van der Waals surface area contributed by atoms with Gasteiger partial charge in [-0.05, 0) is 12.1 Å². The minimum atomic E-state index is -0.0831. The van der Waals surface area contributed by atoms with Crippen molar-refractivity contribution in [1.29, 1.82) is 0 Å². The Morgan fingerprint density at radius 3 is 2.42 bits per heavy atom. The fourth-order valence-corrected chi connectivity index (χ4v) is 3.03. The first-order valence-corrected chi connectivity index (χ1v) is 8.01. The summed E-state index contributed by atoms with van der Waals surface area (Å²) in [7, 11) is 3.19. The van der Waals surface area contributed by atoms with Crippen molar-refractivity contribution < 1.29 is 18.7 Å². The number of piperazine rings is 1. The van der Waals surface area contributed by atoms with E-state index in [4.69, 9.17) is 25.5 Å². The van der Waals surface area contributed by atoms with Crippen molar-refractivity contribution in [3.8, 4) is 11.5 Å². The van der Waals surface area contributed by atoms with Gasteiger partial charge in [-0.3, -0.25) is 4.79 Å². The smallest absolute Gasteiger partial charge is 0.289 e. The Morgan fingerprint density at radius 2 is 1.83 bits per heavy atom. The van der Waals surface area contributed by atoms with Crippen LogP contribution in [0.15, 0.2) is 34.9 Å². The van der Waals surface area contributed by atoms with Crippen LogP contribution in [0.2, 0.25) is 5.02 Å². The third-order valence-electron chi connectivity index (χ3n) is 4.09. The third-order valence-corrected chi connectivity index (χ3v) is 4.39. The van der Waals surface area contributed by atoms with E-state index in [0.717, 1.165) is 5.69 Å². The second-order valence-corrected chi connectivity index (χ2v) is 5.82. The highest BCUT2D eigenvalue weighted by molar-refractivity contribution is 6.32. The summed E-state index contributed by atoms with van der Waals surface area (Å²) in [5.74, 6) is 1.57. The van der Waals surface area contributed by atoms with E-state index in [1.807, 2.05) is 6.07 Å². The molecule has 24 heavy (non-hydrogen) atoms. The van der Waals surface area contributed by atoms with Crippen molar-refractivity contribution in [2.24, 2.45) is 0 Å². The van der Waals surface area contributed by atoms with Crippen LogP contribution >= 0.6 is 11.6 Å². The highest BCUT2D eigenvalue weighted by Gasteiger charge is 2.25. The van der Waals surface area contributed by atoms with Crippen LogP contribution in [0.5, 0.6) is 11.5 Å². The molecule has 7 heteroatoms. The highest BCUT2D eigenvalue weighted by atomic mass is 35.5. The van der Waals surface area contributed by atoms with E-state index >= 15 is 0 Å². The molecule has 0 N–H and O–H groups in total. The zero-order valence-electron chi connectivity index (χ0n) is 13.6. The first-order valence-electron chi connectivity index (χ1n) is 7.63. The van der Waals surface area contributed by atoms with Crippen LogP contribution in [-0.4, -0.2) is 51.2 Å². The van der Waals surface area contributed by atoms with E-state index in [2.05, 4.69) is 4.90 Å². The molecule has 0 saturated carbocycles. The van der Waals surface area contributed by atoms with Gasteiger partial charge in [-0.25, -0.2) is 0 Å². The van der Waals surface area contributed by atoms with Gasteiger partial charge in [-0.2, -0.15) is 0 Å². The van der Waals surface area contributed by atoms with Crippen LogP contribution in [0.25, 0.3) is 0 Å². The van der Waals surface area contributed by atoms with Crippen molar-refractivity contribution in [1.82, 2.24) is 4.90 Å². The molecule has 128 valence electrons. The summed E-state index contributed by atoms with van der Waals surface area (Å²) in [4.78, 5) is 16.3. The highest BCUT2D eigenvalue weighted by Crippen LogP contribution is 2.38. The minimum Gasteiger partial charge on any atom is -0.495 e. The zero-order chi connectivity index (χ0) is 17.1. The van der Waals surface area contributed by atoms with Crippen LogP contribution in [0, 0.1) is 0 Å². The molecule has 3 rings (SSSR count). The summed E-state index contributed by atoms with van der Waals surface area (Å²) >= 11 is 6.15. The molecular weight excluding hydrogens is 332 g/mol. The van der Waals surface area contributed by atoms with E-state index < -0.39 is 0 Å². The number of methoxy groups -OCH3 is 2. The van der Waals surface area contributed by atoms with Crippen molar-refractivity contribution in [3.05, 3.63) is 41.3 Å². The van der Waals surface area contributed by atoms with E-state index in [-0.39, 0.29) is 5.91 Å². The molecule has 1 aromatic carbocycles. The Bertz CT molecular complexity index is 710. The van der Waals surface area contributed by atoms with E-state index in [1.165, 1.54) is 6.26 Å². The molecule has 0 atom stereocenters.